The van der Waals surface area contributed by atoms with Gasteiger partial charge in [-0.1, -0.05) is 6.07 Å². The molecule has 2 saturated heterocycles. The van der Waals surface area contributed by atoms with Crippen molar-refractivity contribution in [3.05, 3.63) is 30.3 Å². The Labute approximate surface area is 217 Å². The van der Waals surface area contributed by atoms with Crippen molar-refractivity contribution in [3.8, 4) is 17.5 Å². The van der Waals surface area contributed by atoms with Crippen molar-refractivity contribution in [2.75, 3.05) is 59.0 Å². The van der Waals surface area contributed by atoms with Gasteiger partial charge in [0.1, 0.15) is 18.5 Å². The predicted molar refractivity (Wildman–Crippen MR) is 136 cm³/mol. The number of hydrogen-bond donors (Lipinski definition) is 3. The molecule has 0 aliphatic carbocycles. The van der Waals surface area contributed by atoms with E-state index in [4.69, 9.17) is 18.9 Å². The fraction of sp³-hybridized carbons (Fsp3) is 0.583. The molecule has 1 aromatic heterocycles. The van der Waals surface area contributed by atoms with Gasteiger partial charge < -0.3 is 34.3 Å². The number of aliphatic hydroxyl groups is 1. The van der Waals surface area contributed by atoms with Crippen LogP contribution in [0.2, 0.25) is 0 Å². The first-order valence-corrected chi connectivity index (χ1v) is 13.7. The first-order valence-electron chi connectivity index (χ1n) is 12.2. The molecule has 0 radical (unpaired) electrons. The minimum absolute atomic E-state index is 0.0355. The second kappa shape index (κ2) is 11.8. The molecule has 1 aromatic carbocycles. The lowest BCUT2D eigenvalue weighted by Crippen LogP contribution is -2.45. The van der Waals surface area contributed by atoms with Gasteiger partial charge in [0.15, 0.2) is 0 Å². The highest BCUT2D eigenvalue weighted by atomic mass is 32.2. The van der Waals surface area contributed by atoms with Crippen molar-refractivity contribution >= 4 is 16.0 Å². The van der Waals surface area contributed by atoms with E-state index < -0.39 is 16.1 Å². The van der Waals surface area contributed by atoms with Gasteiger partial charge in [-0.25, -0.2) is 13.1 Å². The van der Waals surface area contributed by atoms with Gasteiger partial charge in [-0.2, -0.15) is 9.97 Å². The maximum atomic E-state index is 12.0. The molecule has 2 fully saturated rings. The summed E-state index contributed by atoms with van der Waals surface area (Å²) in [6.07, 6.45) is 1.76. The number of sulfonamides is 1. The zero-order valence-corrected chi connectivity index (χ0v) is 22.2. The molecular weight excluding hydrogens is 502 g/mol. The molecule has 0 unspecified atom stereocenters. The van der Waals surface area contributed by atoms with E-state index in [0.29, 0.717) is 36.6 Å². The second-order valence-corrected chi connectivity index (χ2v) is 11.1. The van der Waals surface area contributed by atoms with Gasteiger partial charge in [0.2, 0.25) is 27.7 Å². The molecule has 0 saturated carbocycles. The first-order chi connectivity index (χ1) is 17.8. The lowest BCUT2D eigenvalue weighted by atomic mass is 9.87. The predicted octanol–water partition coefficient (Wildman–Crippen LogP) is 0.559. The summed E-state index contributed by atoms with van der Waals surface area (Å²) in [6, 6.07) is 7.94. The Morgan fingerprint density at radius 1 is 1.19 bits per heavy atom. The highest BCUT2D eigenvalue weighted by Gasteiger charge is 2.43. The van der Waals surface area contributed by atoms with Crippen LogP contribution in [0.25, 0.3) is 0 Å². The maximum absolute atomic E-state index is 12.0. The Kier molecular flexibility index (Phi) is 8.70. The number of aliphatic hydroxyl groups excluding tert-OH is 1. The molecule has 2 aliphatic rings. The minimum atomic E-state index is -3.56. The van der Waals surface area contributed by atoms with Crippen LogP contribution < -0.4 is 29.1 Å². The zero-order chi connectivity index (χ0) is 26.5. The van der Waals surface area contributed by atoms with Crippen LogP contribution in [-0.2, 0) is 14.8 Å². The lowest BCUT2D eigenvalue weighted by Gasteiger charge is -2.38. The van der Waals surface area contributed by atoms with Gasteiger partial charge >= 0.3 is 0 Å². The highest BCUT2D eigenvalue weighted by Crippen LogP contribution is 2.37. The van der Waals surface area contributed by atoms with Crippen molar-refractivity contribution in [2.24, 2.45) is 0 Å². The number of nitrogens with zero attached hydrogens (tertiary/aromatic N) is 3. The van der Waals surface area contributed by atoms with E-state index in [9.17, 15) is 13.5 Å². The number of hydrogen-bond acceptors (Lipinski definition) is 11. The summed E-state index contributed by atoms with van der Waals surface area (Å²) in [7, 11) is 0.921. The molecule has 12 nitrogen and oxygen atoms in total. The fourth-order valence-electron chi connectivity index (χ4n) is 4.58. The average Bonchev–Trinajstić information content (AvgIpc) is 3.33. The molecule has 13 heteroatoms. The third-order valence-electron chi connectivity index (χ3n) is 6.72. The molecule has 2 aromatic rings. The standard InChI is InChI=1S/C24H35N5O7S/c1-25-37(31,32)20-6-4-5-19(11-20)35-16-18(30)14-26-17-13-24(36-15-17)7-9-29(10-8-24)23-27-21(33-2)12-22(28-23)34-3/h4-6,11-12,17-18,25-26,30H,7-10,13-16H2,1-3H3/t17-,18+/m1/s1. The van der Waals surface area contributed by atoms with Crippen LogP contribution in [0.3, 0.4) is 0 Å². The van der Waals surface area contributed by atoms with Crippen molar-refractivity contribution in [1.82, 2.24) is 20.0 Å². The largest absolute Gasteiger partial charge is 0.491 e. The number of benzene rings is 1. The Bertz CT molecular complexity index is 1140. The summed E-state index contributed by atoms with van der Waals surface area (Å²) in [4.78, 5) is 11.1. The molecule has 0 bridgehead atoms. The Hall–Kier alpha value is -2.71. The van der Waals surface area contributed by atoms with Crippen LogP contribution in [0.5, 0.6) is 17.5 Å². The molecule has 204 valence electrons. The number of anilines is 1. The molecule has 2 aliphatic heterocycles. The summed E-state index contributed by atoms with van der Waals surface area (Å²) in [5.74, 6) is 1.88. The first kappa shape index (κ1) is 27.3. The van der Waals surface area contributed by atoms with E-state index in [0.717, 1.165) is 32.4 Å². The summed E-state index contributed by atoms with van der Waals surface area (Å²) in [5, 5.41) is 13.8. The quantitative estimate of drug-likeness (QED) is 0.370. The van der Waals surface area contributed by atoms with Crippen molar-refractivity contribution in [1.29, 1.82) is 0 Å². The molecule has 3 heterocycles. The third kappa shape index (κ3) is 6.79. The van der Waals surface area contributed by atoms with E-state index in [1.165, 1.54) is 19.2 Å². The number of nitrogens with one attached hydrogen (secondary N) is 2. The summed E-state index contributed by atoms with van der Waals surface area (Å²) < 4.78 is 48.5. The zero-order valence-electron chi connectivity index (χ0n) is 21.3. The van der Waals surface area contributed by atoms with E-state index in [-0.39, 0.29) is 23.1 Å². The number of methoxy groups -OCH3 is 2. The van der Waals surface area contributed by atoms with E-state index in [1.54, 1.807) is 32.4 Å². The lowest BCUT2D eigenvalue weighted by molar-refractivity contribution is -0.0152. The number of rotatable bonds is 11. The molecule has 2 atom stereocenters. The van der Waals surface area contributed by atoms with Gasteiger partial charge in [0.05, 0.1) is 37.4 Å². The molecule has 3 N–H and O–H groups in total. The second-order valence-electron chi connectivity index (χ2n) is 9.19. The molecule has 37 heavy (non-hydrogen) atoms. The molecule has 4 rings (SSSR count). The molecule has 1 spiro atoms. The van der Waals surface area contributed by atoms with Crippen molar-refractivity contribution in [3.63, 3.8) is 0 Å². The van der Waals surface area contributed by atoms with Gasteiger partial charge in [-0.3, -0.25) is 0 Å². The highest BCUT2D eigenvalue weighted by molar-refractivity contribution is 7.89. The van der Waals surface area contributed by atoms with Crippen LogP contribution in [0.1, 0.15) is 19.3 Å². The van der Waals surface area contributed by atoms with Gasteiger partial charge in [-0.15, -0.1) is 0 Å². The maximum Gasteiger partial charge on any atom is 0.240 e. The van der Waals surface area contributed by atoms with Crippen LogP contribution in [0.15, 0.2) is 35.2 Å². The van der Waals surface area contributed by atoms with Crippen molar-refractivity contribution in [2.45, 2.75) is 41.9 Å². The summed E-state index contributed by atoms with van der Waals surface area (Å²) in [5.41, 5.74) is -0.210. The number of piperidine rings is 1. The van der Waals surface area contributed by atoms with Crippen LogP contribution >= 0.6 is 0 Å². The summed E-state index contributed by atoms with van der Waals surface area (Å²) in [6.45, 7) is 2.45. The van der Waals surface area contributed by atoms with Crippen LogP contribution in [0.4, 0.5) is 5.95 Å². The average molecular weight is 538 g/mol. The SMILES string of the molecule is CNS(=O)(=O)c1cccc(OC[C@@H](O)CN[C@H]2COC3(CCN(c4nc(OC)cc(OC)n4)CC3)C2)c1. The van der Waals surface area contributed by atoms with Gasteiger partial charge in [0.25, 0.3) is 0 Å². The van der Waals surface area contributed by atoms with Crippen molar-refractivity contribution < 1.29 is 32.5 Å². The third-order valence-corrected chi connectivity index (χ3v) is 8.13. The summed E-state index contributed by atoms with van der Waals surface area (Å²) >= 11 is 0. The smallest absolute Gasteiger partial charge is 0.240 e. The Morgan fingerprint density at radius 3 is 2.54 bits per heavy atom. The monoisotopic (exact) mass is 537 g/mol. The molecular formula is C24H35N5O7S. The fourth-order valence-corrected chi connectivity index (χ4v) is 5.35. The van der Waals surface area contributed by atoms with Crippen LogP contribution in [-0.4, -0.2) is 95.4 Å². The normalized spacial score (nSPS) is 20.1. The van der Waals surface area contributed by atoms with E-state index >= 15 is 0 Å². The van der Waals surface area contributed by atoms with Crippen LogP contribution in [0, 0.1) is 0 Å². The minimum Gasteiger partial charge on any atom is -0.491 e. The molecule has 0 amide bonds. The van der Waals surface area contributed by atoms with Gasteiger partial charge in [0, 0.05) is 31.7 Å². The van der Waals surface area contributed by atoms with E-state index in [1.807, 2.05) is 0 Å². The Morgan fingerprint density at radius 2 is 1.89 bits per heavy atom. The van der Waals surface area contributed by atoms with Gasteiger partial charge in [-0.05, 0) is 38.4 Å². The topological polar surface area (TPSA) is 144 Å². The van der Waals surface area contributed by atoms with E-state index in [2.05, 4.69) is 24.9 Å². The Balaban J connectivity index is 1.22. The number of ether oxygens (including phenoxy) is 4. The number of aromatic nitrogens is 2.